The van der Waals surface area contributed by atoms with Crippen molar-refractivity contribution in [2.24, 2.45) is 5.10 Å². The number of benzene rings is 2. The van der Waals surface area contributed by atoms with E-state index in [1.807, 2.05) is 30.3 Å². The van der Waals surface area contributed by atoms with Crippen molar-refractivity contribution in [2.45, 2.75) is 37.8 Å². The molecule has 1 aliphatic rings. The first-order chi connectivity index (χ1) is 17.4. The van der Waals surface area contributed by atoms with Gasteiger partial charge in [0.15, 0.2) is 5.16 Å². The van der Waals surface area contributed by atoms with Gasteiger partial charge in [-0.1, -0.05) is 59.2 Å². The SMILES string of the molecule is C/C(=N/NC(=O)CSc1nc2sc3c(c2c(=O)n1-c1ccccc1)CCCC3)c1ccc(Cl)cc1Cl. The number of nitrogens with zero attached hydrogens (tertiary/aromatic N) is 3. The van der Waals surface area contributed by atoms with E-state index in [-0.39, 0.29) is 17.2 Å². The molecule has 1 N–H and O–H groups in total. The van der Waals surface area contributed by atoms with Crippen LogP contribution in [0.1, 0.15) is 35.8 Å². The predicted molar refractivity (Wildman–Crippen MR) is 149 cm³/mol. The molecular weight excluding hydrogens is 535 g/mol. The number of carbonyl (C=O) groups excluding carboxylic acids is 1. The molecule has 10 heteroatoms. The van der Waals surface area contributed by atoms with E-state index in [0.717, 1.165) is 41.8 Å². The molecule has 184 valence electrons. The van der Waals surface area contributed by atoms with Crippen molar-refractivity contribution in [3.05, 3.63) is 84.9 Å². The van der Waals surface area contributed by atoms with Crippen LogP contribution >= 0.6 is 46.3 Å². The molecule has 0 saturated carbocycles. The van der Waals surface area contributed by atoms with E-state index >= 15 is 0 Å². The van der Waals surface area contributed by atoms with E-state index in [4.69, 9.17) is 28.2 Å². The number of thiophene rings is 1. The number of thioether (sulfide) groups is 1. The first-order valence-electron chi connectivity index (χ1n) is 11.5. The highest BCUT2D eigenvalue weighted by Gasteiger charge is 2.23. The molecule has 4 aromatic rings. The van der Waals surface area contributed by atoms with Crippen LogP contribution in [0.15, 0.2) is 63.6 Å². The maximum absolute atomic E-state index is 13.7. The molecule has 0 radical (unpaired) electrons. The van der Waals surface area contributed by atoms with E-state index in [1.54, 1.807) is 41.0 Å². The number of halogens is 2. The van der Waals surface area contributed by atoms with E-state index in [1.165, 1.54) is 16.6 Å². The van der Waals surface area contributed by atoms with Crippen LogP contribution in [0, 0.1) is 0 Å². The summed E-state index contributed by atoms with van der Waals surface area (Å²) in [6.45, 7) is 1.75. The predicted octanol–water partition coefficient (Wildman–Crippen LogP) is 6.27. The van der Waals surface area contributed by atoms with Gasteiger partial charge in [-0.3, -0.25) is 14.2 Å². The summed E-state index contributed by atoms with van der Waals surface area (Å²) in [5.74, 6) is -0.273. The van der Waals surface area contributed by atoms with Gasteiger partial charge >= 0.3 is 0 Å². The highest BCUT2D eigenvalue weighted by Crippen LogP contribution is 2.35. The minimum atomic E-state index is -0.316. The molecule has 2 aromatic carbocycles. The van der Waals surface area contributed by atoms with Crippen molar-refractivity contribution >= 4 is 68.1 Å². The molecule has 0 fully saturated rings. The molecule has 0 unspecified atom stereocenters. The monoisotopic (exact) mass is 556 g/mol. The molecule has 0 atom stereocenters. The van der Waals surface area contributed by atoms with Crippen molar-refractivity contribution in [2.75, 3.05) is 5.75 Å². The standard InChI is InChI=1S/C26H22Cl2N4O2S2/c1-15(18-12-11-16(27)13-20(18)28)30-31-22(33)14-35-26-29-24-23(19-9-5-6-10-21(19)36-24)25(34)32(26)17-7-3-2-4-8-17/h2-4,7-8,11-13H,5-6,9-10,14H2,1H3,(H,31,33)/b30-15-. The summed E-state index contributed by atoms with van der Waals surface area (Å²) in [7, 11) is 0. The van der Waals surface area contributed by atoms with Crippen molar-refractivity contribution in [3.8, 4) is 5.69 Å². The van der Waals surface area contributed by atoms with Crippen LogP contribution in [0.4, 0.5) is 0 Å². The fourth-order valence-corrected chi connectivity index (χ4v) is 6.89. The van der Waals surface area contributed by atoms with Gasteiger partial charge in [0.1, 0.15) is 4.83 Å². The Morgan fingerprint density at radius 3 is 2.72 bits per heavy atom. The van der Waals surface area contributed by atoms with Crippen LogP contribution in [-0.2, 0) is 17.6 Å². The number of para-hydroxylation sites is 1. The second kappa shape index (κ2) is 10.8. The van der Waals surface area contributed by atoms with Crippen LogP contribution in [-0.4, -0.2) is 26.9 Å². The van der Waals surface area contributed by atoms with Crippen LogP contribution in [0.2, 0.25) is 10.0 Å². The van der Waals surface area contributed by atoms with Crippen molar-refractivity contribution < 1.29 is 4.79 Å². The topological polar surface area (TPSA) is 76.3 Å². The number of aromatic nitrogens is 2. The molecular formula is C26H22Cl2N4O2S2. The third-order valence-corrected chi connectivity index (χ3v) is 8.65. The molecule has 0 saturated heterocycles. The number of rotatable bonds is 6. The number of hydrogen-bond donors (Lipinski definition) is 1. The van der Waals surface area contributed by atoms with Gasteiger partial charge in [0, 0.05) is 15.5 Å². The fraction of sp³-hybridized carbons (Fsp3) is 0.231. The summed E-state index contributed by atoms with van der Waals surface area (Å²) in [4.78, 5) is 33.2. The lowest BCUT2D eigenvalue weighted by atomic mass is 9.97. The van der Waals surface area contributed by atoms with Crippen LogP contribution in [0.3, 0.4) is 0 Å². The number of aryl methyl sites for hydroxylation is 2. The normalized spacial score (nSPS) is 13.6. The summed E-state index contributed by atoms with van der Waals surface area (Å²) in [6, 6.07) is 14.5. The molecule has 0 bridgehead atoms. The number of nitrogens with one attached hydrogen (secondary N) is 1. The maximum Gasteiger partial charge on any atom is 0.267 e. The Morgan fingerprint density at radius 1 is 1.17 bits per heavy atom. The Kier molecular flexibility index (Phi) is 7.48. The zero-order chi connectivity index (χ0) is 25.2. The molecule has 0 aliphatic heterocycles. The first kappa shape index (κ1) is 25.0. The zero-order valence-corrected chi connectivity index (χ0v) is 22.5. The summed E-state index contributed by atoms with van der Waals surface area (Å²) >= 11 is 15.0. The molecule has 5 rings (SSSR count). The third kappa shape index (κ3) is 5.09. The van der Waals surface area contributed by atoms with E-state index in [2.05, 4.69) is 10.5 Å². The minimum Gasteiger partial charge on any atom is -0.272 e. The number of amides is 1. The Morgan fingerprint density at radius 2 is 1.94 bits per heavy atom. The molecule has 6 nitrogen and oxygen atoms in total. The highest BCUT2D eigenvalue weighted by atomic mass is 35.5. The maximum atomic E-state index is 13.7. The van der Waals surface area contributed by atoms with Crippen molar-refractivity contribution in [1.82, 2.24) is 15.0 Å². The van der Waals surface area contributed by atoms with Crippen LogP contribution in [0.5, 0.6) is 0 Å². The molecule has 0 spiro atoms. The summed E-state index contributed by atoms with van der Waals surface area (Å²) in [5, 5.41) is 6.35. The smallest absolute Gasteiger partial charge is 0.267 e. The van der Waals surface area contributed by atoms with Gasteiger partial charge in [-0.05, 0) is 62.4 Å². The number of hydrogen-bond acceptors (Lipinski definition) is 6. The summed E-state index contributed by atoms with van der Waals surface area (Å²) in [5.41, 5.74) is 5.59. The quantitative estimate of drug-likeness (QED) is 0.131. The second-order valence-electron chi connectivity index (χ2n) is 8.41. The molecule has 36 heavy (non-hydrogen) atoms. The van der Waals surface area contributed by atoms with Crippen molar-refractivity contribution in [3.63, 3.8) is 0 Å². The van der Waals surface area contributed by atoms with Gasteiger partial charge in [0.05, 0.1) is 27.6 Å². The summed E-state index contributed by atoms with van der Waals surface area (Å²) in [6.07, 6.45) is 4.11. The van der Waals surface area contributed by atoms with Crippen molar-refractivity contribution in [1.29, 1.82) is 0 Å². The number of fused-ring (bicyclic) bond motifs is 3. The van der Waals surface area contributed by atoms with E-state index < -0.39 is 0 Å². The van der Waals surface area contributed by atoms with Crippen LogP contribution < -0.4 is 11.0 Å². The Hall–Kier alpha value is -2.65. The third-order valence-electron chi connectivity index (χ3n) is 5.97. The first-order valence-corrected chi connectivity index (χ1v) is 14.0. The van der Waals surface area contributed by atoms with Gasteiger partial charge in [-0.15, -0.1) is 11.3 Å². The fourth-order valence-electron chi connectivity index (χ4n) is 4.24. The second-order valence-corrected chi connectivity index (χ2v) is 11.3. The Balaban J connectivity index is 1.42. The largest absolute Gasteiger partial charge is 0.272 e. The molecule has 1 aliphatic carbocycles. The lowest BCUT2D eigenvalue weighted by molar-refractivity contribution is -0.118. The Labute approximate surface area is 226 Å². The van der Waals surface area contributed by atoms with E-state index in [9.17, 15) is 9.59 Å². The minimum absolute atomic E-state index is 0.0427. The molecule has 2 heterocycles. The molecule has 1 amide bonds. The average molecular weight is 558 g/mol. The van der Waals surface area contributed by atoms with Gasteiger partial charge < -0.3 is 0 Å². The van der Waals surface area contributed by atoms with Gasteiger partial charge in [-0.25, -0.2) is 10.4 Å². The van der Waals surface area contributed by atoms with Gasteiger partial charge in [0.25, 0.3) is 11.5 Å². The lowest BCUT2D eigenvalue weighted by Crippen LogP contribution is -2.24. The number of hydrazone groups is 1. The Bertz CT molecular complexity index is 1550. The zero-order valence-electron chi connectivity index (χ0n) is 19.4. The lowest BCUT2D eigenvalue weighted by Gasteiger charge is -2.13. The van der Waals surface area contributed by atoms with Gasteiger partial charge in [-0.2, -0.15) is 5.10 Å². The summed E-state index contributed by atoms with van der Waals surface area (Å²) < 4.78 is 1.61. The molecule has 2 aromatic heterocycles. The van der Waals surface area contributed by atoms with E-state index in [0.29, 0.717) is 31.9 Å². The van der Waals surface area contributed by atoms with Crippen LogP contribution in [0.25, 0.3) is 15.9 Å². The highest BCUT2D eigenvalue weighted by molar-refractivity contribution is 7.99. The van der Waals surface area contributed by atoms with Gasteiger partial charge in [0.2, 0.25) is 0 Å². The number of carbonyl (C=O) groups is 1. The average Bonchev–Trinajstić information content (AvgIpc) is 3.25.